The molecule has 1 aliphatic heterocycles. The standard InChI is InChI=1S/C14H19N5O/c1-10-3-4-11(2)12(9-10)19-13(15)16-14(17-19)18-5-7-20-8-6-18/h3-4,9H,5-8H2,1-2H3,(H2,15,16,17). The van der Waals surface area contributed by atoms with Crippen LogP contribution in [0.4, 0.5) is 11.9 Å². The summed E-state index contributed by atoms with van der Waals surface area (Å²) >= 11 is 0. The zero-order chi connectivity index (χ0) is 14.1. The van der Waals surface area contributed by atoms with E-state index < -0.39 is 0 Å². The molecule has 0 bridgehead atoms. The third-order valence-electron chi connectivity index (χ3n) is 3.51. The number of rotatable bonds is 2. The second-order valence-corrected chi connectivity index (χ2v) is 5.07. The lowest BCUT2D eigenvalue weighted by atomic mass is 10.1. The predicted octanol–water partition coefficient (Wildman–Crippen LogP) is 1.30. The first-order valence-corrected chi connectivity index (χ1v) is 6.78. The van der Waals surface area contributed by atoms with Gasteiger partial charge in [0.1, 0.15) is 0 Å². The molecule has 2 aromatic rings. The highest BCUT2D eigenvalue weighted by Crippen LogP contribution is 2.21. The van der Waals surface area contributed by atoms with E-state index in [0.29, 0.717) is 25.1 Å². The van der Waals surface area contributed by atoms with Gasteiger partial charge in [0.25, 0.3) is 0 Å². The maximum absolute atomic E-state index is 6.03. The molecule has 1 saturated heterocycles. The molecule has 0 radical (unpaired) electrons. The van der Waals surface area contributed by atoms with E-state index in [1.165, 1.54) is 5.56 Å². The molecule has 0 aliphatic carbocycles. The minimum atomic E-state index is 0.417. The van der Waals surface area contributed by atoms with Crippen molar-refractivity contribution in [2.75, 3.05) is 36.9 Å². The van der Waals surface area contributed by atoms with Crippen LogP contribution in [0, 0.1) is 13.8 Å². The number of benzene rings is 1. The average molecular weight is 273 g/mol. The van der Waals surface area contributed by atoms with Gasteiger partial charge >= 0.3 is 0 Å². The number of hydrogen-bond acceptors (Lipinski definition) is 5. The lowest BCUT2D eigenvalue weighted by molar-refractivity contribution is 0.122. The Balaban J connectivity index is 1.98. The van der Waals surface area contributed by atoms with Gasteiger partial charge in [-0.05, 0) is 31.0 Å². The molecule has 0 unspecified atom stereocenters. The Labute approximate surface area is 118 Å². The monoisotopic (exact) mass is 273 g/mol. The van der Waals surface area contributed by atoms with Gasteiger partial charge in [0.05, 0.1) is 18.9 Å². The average Bonchev–Trinajstić information content (AvgIpc) is 2.84. The molecule has 0 spiro atoms. The van der Waals surface area contributed by atoms with Gasteiger partial charge in [0, 0.05) is 13.1 Å². The zero-order valence-electron chi connectivity index (χ0n) is 11.8. The van der Waals surface area contributed by atoms with E-state index in [0.717, 1.165) is 24.3 Å². The Morgan fingerprint density at radius 3 is 2.70 bits per heavy atom. The fourth-order valence-electron chi connectivity index (χ4n) is 2.34. The molecule has 0 saturated carbocycles. The number of anilines is 2. The molecule has 1 aliphatic rings. The highest BCUT2D eigenvalue weighted by atomic mass is 16.5. The molecule has 20 heavy (non-hydrogen) atoms. The third kappa shape index (κ3) is 2.34. The van der Waals surface area contributed by atoms with Crippen molar-refractivity contribution in [3.8, 4) is 5.69 Å². The van der Waals surface area contributed by atoms with Gasteiger partial charge in [-0.2, -0.15) is 9.67 Å². The summed E-state index contributed by atoms with van der Waals surface area (Å²) in [6.07, 6.45) is 0. The van der Waals surface area contributed by atoms with Crippen molar-refractivity contribution in [3.05, 3.63) is 29.3 Å². The van der Waals surface area contributed by atoms with Crippen molar-refractivity contribution in [2.45, 2.75) is 13.8 Å². The van der Waals surface area contributed by atoms with Gasteiger partial charge in [-0.3, -0.25) is 0 Å². The lowest BCUT2D eigenvalue weighted by Crippen LogP contribution is -2.37. The second kappa shape index (κ2) is 5.13. The summed E-state index contributed by atoms with van der Waals surface area (Å²) in [5, 5.41) is 4.56. The third-order valence-corrected chi connectivity index (χ3v) is 3.51. The number of nitrogen functional groups attached to an aromatic ring is 1. The first-order valence-electron chi connectivity index (χ1n) is 6.78. The van der Waals surface area contributed by atoms with E-state index in [9.17, 15) is 0 Å². The summed E-state index contributed by atoms with van der Waals surface area (Å²) in [7, 11) is 0. The van der Waals surface area contributed by atoms with Crippen LogP contribution in [0.5, 0.6) is 0 Å². The van der Waals surface area contributed by atoms with Crippen LogP contribution in [0.15, 0.2) is 18.2 Å². The molecule has 2 heterocycles. The Kier molecular flexibility index (Phi) is 3.31. The predicted molar refractivity (Wildman–Crippen MR) is 78.3 cm³/mol. The maximum atomic E-state index is 6.03. The smallest absolute Gasteiger partial charge is 0.247 e. The van der Waals surface area contributed by atoms with Crippen molar-refractivity contribution in [1.82, 2.24) is 14.8 Å². The van der Waals surface area contributed by atoms with Crippen LogP contribution in [0.2, 0.25) is 0 Å². The molecule has 2 N–H and O–H groups in total. The van der Waals surface area contributed by atoms with Crippen LogP contribution in [-0.2, 0) is 4.74 Å². The van der Waals surface area contributed by atoms with Crippen LogP contribution < -0.4 is 10.6 Å². The highest BCUT2D eigenvalue weighted by Gasteiger charge is 2.18. The van der Waals surface area contributed by atoms with E-state index in [-0.39, 0.29) is 0 Å². The van der Waals surface area contributed by atoms with Crippen molar-refractivity contribution < 1.29 is 4.74 Å². The first-order chi connectivity index (χ1) is 9.65. The number of aryl methyl sites for hydroxylation is 2. The van der Waals surface area contributed by atoms with Crippen LogP contribution in [0.25, 0.3) is 5.69 Å². The summed E-state index contributed by atoms with van der Waals surface area (Å²) in [5.74, 6) is 1.09. The van der Waals surface area contributed by atoms with Crippen molar-refractivity contribution in [3.63, 3.8) is 0 Å². The number of morpholine rings is 1. The Morgan fingerprint density at radius 2 is 1.95 bits per heavy atom. The first kappa shape index (κ1) is 12.9. The van der Waals surface area contributed by atoms with Gasteiger partial charge in [-0.15, -0.1) is 5.10 Å². The topological polar surface area (TPSA) is 69.2 Å². The van der Waals surface area contributed by atoms with Crippen LogP contribution in [-0.4, -0.2) is 41.1 Å². The molecular weight excluding hydrogens is 254 g/mol. The van der Waals surface area contributed by atoms with Crippen molar-refractivity contribution in [1.29, 1.82) is 0 Å². The SMILES string of the molecule is Cc1ccc(C)c(-n2nc(N3CCOCC3)nc2N)c1. The summed E-state index contributed by atoms with van der Waals surface area (Å²) in [6, 6.07) is 6.22. The molecule has 1 fully saturated rings. The van der Waals surface area contributed by atoms with Gasteiger partial charge in [0.2, 0.25) is 11.9 Å². The van der Waals surface area contributed by atoms with Gasteiger partial charge in [0.15, 0.2) is 0 Å². The fraction of sp³-hybridized carbons (Fsp3) is 0.429. The summed E-state index contributed by atoms with van der Waals surface area (Å²) in [5.41, 5.74) is 9.31. The Bertz CT molecular complexity index is 616. The minimum Gasteiger partial charge on any atom is -0.378 e. The van der Waals surface area contributed by atoms with E-state index >= 15 is 0 Å². The molecule has 1 aromatic carbocycles. The molecule has 106 valence electrons. The lowest BCUT2D eigenvalue weighted by Gasteiger charge is -2.25. The fourth-order valence-corrected chi connectivity index (χ4v) is 2.34. The van der Waals surface area contributed by atoms with E-state index in [4.69, 9.17) is 10.5 Å². The normalized spacial score (nSPS) is 15.6. The van der Waals surface area contributed by atoms with Gasteiger partial charge in [-0.1, -0.05) is 12.1 Å². The molecule has 3 rings (SSSR count). The van der Waals surface area contributed by atoms with Crippen LogP contribution in [0.3, 0.4) is 0 Å². The number of aromatic nitrogens is 3. The molecule has 1 aromatic heterocycles. The molecule has 0 atom stereocenters. The van der Waals surface area contributed by atoms with Crippen molar-refractivity contribution in [2.24, 2.45) is 0 Å². The van der Waals surface area contributed by atoms with Gasteiger partial charge in [-0.25, -0.2) is 0 Å². The minimum absolute atomic E-state index is 0.417. The molecule has 6 nitrogen and oxygen atoms in total. The zero-order valence-corrected chi connectivity index (χ0v) is 11.8. The van der Waals surface area contributed by atoms with Crippen molar-refractivity contribution >= 4 is 11.9 Å². The number of nitrogens with zero attached hydrogens (tertiary/aromatic N) is 4. The van der Waals surface area contributed by atoms with E-state index in [2.05, 4.69) is 40.1 Å². The van der Waals surface area contributed by atoms with Crippen LogP contribution >= 0.6 is 0 Å². The van der Waals surface area contributed by atoms with E-state index in [1.807, 2.05) is 6.92 Å². The second-order valence-electron chi connectivity index (χ2n) is 5.07. The molecule has 6 heteroatoms. The number of nitrogens with two attached hydrogens (primary N) is 1. The quantitative estimate of drug-likeness (QED) is 0.893. The molecular formula is C14H19N5O. The Morgan fingerprint density at radius 1 is 1.20 bits per heavy atom. The summed E-state index contributed by atoms with van der Waals surface area (Å²) in [6.45, 7) is 7.12. The maximum Gasteiger partial charge on any atom is 0.247 e. The summed E-state index contributed by atoms with van der Waals surface area (Å²) < 4.78 is 7.06. The molecule has 0 amide bonds. The van der Waals surface area contributed by atoms with E-state index in [1.54, 1.807) is 4.68 Å². The Hall–Kier alpha value is -2.08. The van der Waals surface area contributed by atoms with Crippen LogP contribution in [0.1, 0.15) is 11.1 Å². The largest absolute Gasteiger partial charge is 0.378 e. The number of ether oxygens (including phenoxy) is 1. The number of hydrogen-bond donors (Lipinski definition) is 1. The van der Waals surface area contributed by atoms with Gasteiger partial charge < -0.3 is 15.4 Å². The highest BCUT2D eigenvalue weighted by molar-refractivity contribution is 5.48. The summed E-state index contributed by atoms with van der Waals surface area (Å²) in [4.78, 5) is 6.48.